The van der Waals surface area contributed by atoms with E-state index in [2.05, 4.69) is 5.32 Å². The fourth-order valence-electron chi connectivity index (χ4n) is 2.62. The average Bonchev–Trinajstić information content (AvgIpc) is 3.03. The van der Waals surface area contributed by atoms with Gasteiger partial charge in [-0.3, -0.25) is 4.79 Å². The van der Waals surface area contributed by atoms with Crippen LogP contribution in [0.3, 0.4) is 0 Å². The van der Waals surface area contributed by atoms with Gasteiger partial charge in [0.05, 0.1) is 17.8 Å². The van der Waals surface area contributed by atoms with E-state index in [1.807, 2.05) is 44.2 Å². The maximum atomic E-state index is 12.4. The zero-order valence-corrected chi connectivity index (χ0v) is 14.2. The summed E-state index contributed by atoms with van der Waals surface area (Å²) >= 11 is 0. The summed E-state index contributed by atoms with van der Waals surface area (Å²) in [6.45, 7) is 3.99. The first-order chi connectivity index (χ1) is 12.0. The van der Waals surface area contributed by atoms with Crippen molar-refractivity contribution in [1.82, 2.24) is 5.32 Å². The number of benzene rings is 2. The summed E-state index contributed by atoms with van der Waals surface area (Å²) in [7, 11) is 0. The van der Waals surface area contributed by atoms with Gasteiger partial charge in [0.25, 0.3) is 5.91 Å². The lowest BCUT2D eigenvalue weighted by Gasteiger charge is -2.15. The first kappa shape index (κ1) is 17.0. The maximum Gasteiger partial charge on any atom is 0.255 e. The summed E-state index contributed by atoms with van der Waals surface area (Å²) in [4.78, 5) is 12.4. The third-order valence-electron chi connectivity index (χ3n) is 3.80. The number of fused-ring (bicyclic) bond motifs is 1. The van der Waals surface area contributed by atoms with Crippen molar-refractivity contribution in [1.29, 1.82) is 0 Å². The zero-order chi connectivity index (χ0) is 17.8. The van der Waals surface area contributed by atoms with Gasteiger partial charge in [-0.05, 0) is 37.6 Å². The Labute approximate surface area is 146 Å². The molecule has 0 bridgehead atoms. The molecule has 0 aliphatic carbocycles. The first-order valence-electron chi connectivity index (χ1n) is 8.23. The molecule has 0 saturated heterocycles. The quantitative estimate of drug-likeness (QED) is 0.718. The second-order valence-electron chi connectivity index (χ2n) is 6.11. The van der Waals surface area contributed by atoms with Crippen LogP contribution in [-0.2, 0) is 0 Å². The predicted molar refractivity (Wildman–Crippen MR) is 95.7 cm³/mol. The lowest BCUT2D eigenvalue weighted by atomic mass is 10.1. The topological polar surface area (TPSA) is 71.7 Å². The Bertz CT molecular complexity index is 869. The van der Waals surface area contributed by atoms with Gasteiger partial charge in [-0.25, -0.2) is 0 Å². The van der Waals surface area contributed by atoms with Crippen LogP contribution in [0.25, 0.3) is 11.0 Å². The van der Waals surface area contributed by atoms with Crippen molar-refractivity contribution in [3.8, 4) is 5.75 Å². The minimum Gasteiger partial charge on any atom is -0.491 e. The number of furan rings is 1. The highest BCUT2D eigenvalue weighted by molar-refractivity contribution is 6.05. The van der Waals surface area contributed by atoms with Gasteiger partial charge in [-0.15, -0.1) is 0 Å². The Kier molecular flexibility index (Phi) is 5.05. The van der Waals surface area contributed by atoms with Gasteiger partial charge >= 0.3 is 0 Å². The molecule has 1 unspecified atom stereocenters. The van der Waals surface area contributed by atoms with Gasteiger partial charge in [-0.1, -0.05) is 30.3 Å². The highest BCUT2D eigenvalue weighted by atomic mass is 16.5. The first-order valence-corrected chi connectivity index (χ1v) is 8.23. The third kappa shape index (κ3) is 4.00. The molecule has 1 heterocycles. The second kappa shape index (κ2) is 7.40. The summed E-state index contributed by atoms with van der Waals surface area (Å²) in [6, 6.07) is 14.6. The highest BCUT2D eigenvalue weighted by Gasteiger charge is 2.15. The number of amides is 1. The number of aliphatic hydroxyl groups excluding tert-OH is 1. The zero-order valence-electron chi connectivity index (χ0n) is 14.2. The van der Waals surface area contributed by atoms with Crippen molar-refractivity contribution < 1.29 is 19.1 Å². The Balaban J connectivity index is 1.66. The van der Waals surface area contributed by atoms with Gasteiger partial charge in [0, 0.05) is 11.9 Å². The molecule has 3 aromatic rings. The third-order valence-corrected chi connectivity index (χ3v) is 3.80. The molecular weight excluding hydrogens is 318 g/mol. The molecule has 1 atom stereocenters. The molecule has 0 aliphatic rings. The molecule has 130 valence electrons. The fourth-order valence-corrected chi connectivity index (χ4v) is 2.62. The maximum absolute atomic E-state index is 12.4. The van der Waals surface area contributed by atoms with E-state index >= 15 is 0 Å². The van der Waals surface area contributed by atoms with Crippen LogP contribution < -0.4 is 10.1 Å². The predicted octanol–water partition coefficient (Wildman–Crippen LogP) is 3.68. The van der Waals surface area contributed by atoms with Crippen molar-refractivity contribution in [2.75, 3.05) is 6.54 Å². The molecule has 5 nitrogen and oxygen atoms in total. The monoisotopic (exact) mass is 339 g/mol. The van der Waals surface area contributed by atoms with Crippen LogP contribution in [0, 0.1) is 0 Å². The summed E-state index contributed by atoms with van der Waals surface area (Å²) in [6.07, 6.45) is 0.669. The van der Waals surface area contributed by atoms with Crippen LogP contribution >= 0.6 is 0 Å². The largest absolute Gasteiger partial charge is 0.491 e. The molecule has 2 aromatic carbocycles. The SMILES string of the molecule is CC(C)Oc1cccc(C(O)CNC(=O)c2coc3ccccc23)c1. The Hall–Kier alpha value is -2.79. The number of carbonyl (C=O) groups is 1. The summed E-state index contributed by atoms with van der Waals surface area (Å²) in [5.41, 5.74) is 1.81. The molecule has 25 heavy (non-hydrogen) atoms. The van der Waals surface area contributed by atoms with Gasteiger partial charge in [-0.2, -0.15) is 0 Å². The number of carbonyl (C=O) groups excluding carboxylic acids is 1. The number of para-hydroxylation sites is 1. The summed E-state index contributed by atoms with van der Waals surface area (Å²) < 4.78 is 11.0. The molecule has 0 radical (unpaired) electrons. The van der Waals surface area contributed by atoms with E-state index in [0.29, 0.717) is 22.5 Å². The van der Waals surface area contributed by atoms with E-state index in [9.17, 15) is 9.90 Å². The van der Waals surface area contributed by atoms with E-state index in [4.69, 9.17) is 9.15 Å². The molecule has 1 aromatic heterocycles. The molecule has 0 aliphatic heterocycles. The van der Waals surface area contributed by atoms with Crippen molar-refractivity contribution in [2.24, 2.45) is 0 Å². The number of aliphatic hydroxyl groups is 1. The van der Waals surface area contributed by atoms with E-state index in [1.54, 1.807) is 18.2 Å². The number of nitrogens with one attached hydrogen (secondary N) is 1. The van der Waals surface area contributed by atoms with Crippen LogP contribution in [0.15, 0.2) is 59.2 Å². The molecule has 0 saturated carbocycles. The normalized spacial score (nSPS) is 12.3. The molecule has 0 spiro atoms. The van der Waals surface area contributed by atoms with Crippen LogP contribution in [0.1, 0.15) is 35.9 Å². The van der Waals surface area contributed by atoms with E-state index in [0.717, 1.165) is 5.39 Å². The smallest absolute Gasteiger partial charge is 0.255 e. The number of ether oxygens (including phenoxy) is 1. The van der Waals surface area contributed by atoms with Crippen molar-refractivity contribution >= 4 is 16.9 Å². The lowest BCUT2D eigenvalue weighted by molar-refractivity contribution is 0.0917. The molecule has 1 amide bonds. The van der Waals surface area contributed by atoms with E-state index in [-0.39, 0.29) is 18.6 Å². The molecule has 0 fully saturated rings. The molecule has 3 rings (SSSR count). The van der Waals surface area contributed by atoms with Gasteiger partial charge in [0.1, 0.15) is 17.6 Å². The molecule has 5 heteroatoms. The standard InChI is InChI=1S/C20H21NO4/c1-13(2)25-15-7-5-6-14(10-15)18(22)11-21-20(23)17-12-24-19-9-4-3-8-16(17)19/h3-10,12-13,18,22H,11H2,1-2H3,(H,21,23). The van der Waals surface area contributed by atoms with Crippen LogP contribution in [0.4, 0.5) is 0 Å². The number of hydrogen-bond donors (Lipinski definition) is 2. The summed E-state index contributed by atoms with van der Waals surface area (Å²) in [5.74, 6) is 0.414. The average molecular weight is 339 g/mol. The fraction of sp³-hybridized carbons (Fsp3) is 0.250. The Morgan fingerprint density at radius 1 is 1.20 bits per heavy atom. The van der Waals surface area contributed by atoms with E-state index in [1.165, 1.54) is 6.26 Å². The summed E-state index contributed by atoms with van der Waals surface area (Å²) in [5, 5.41) is 13.8. The van der Waals surface area contributed by atoms with Crippen LogP contribution in [-0.4, -0.2) is 23.7 Å². The Morgan fingerprint density at radius 3 is 2.80 bits per heavy atom. The van der Waals surface area contributed by atoms with E-state index < -0.39 is 6.10 Å². The van der Waals surface area contributed by atoms with Crippen molar-refractivity contribution in [3.63, 3.8) is 0 Å². The molecular formula is C20H21NO4. The number of rotatable bonds is 6. The van der Waals surface area contributed by atoms with Crippen molar-refractivity contribution in [2.45, 2.75) is 26.1 Å². The minimum absolute atomic E-state index is 0.0569. The minimum atomic E-state index is -0.821. The van der Waals surface area contributed by atoms with Gasteiger partial charge in [0.15, 0.2) is 0 Å². The van der Waals surface area contributed by atoms with Gasteiger partial charge < -0.3 is 19.6 Å². The number of hydrogen-bond acceptors (Lipinski definition) is 4. The van der Waals surface area contributed by atoms with Crippen molar-refractivity contribution in [3.05, 3.63) is 65.9 Å². The van der Waals surface area contributed by atoms with Crippen LogP contribution in [0.2, 0.25) is 0 Å². The lowest BCUT2D eigenvalue weighted by Crippen LogP contribution is -2.28. The van der Waals surface area contributed by atoms with Crippen LogP contribution in [0.5, 0.6) is 5.75 Å². The second-order valence-corrected chi connectivity index (χ2v) is 6.11. The highest BCUT2D eigenvalue weighted by Crippen LogP contribution is 2.22. The van der Waals surface area contributed by atoms with Gasteiger partial charge in [0.2, 0.25) is 0 Å². The Morgan fingerprint density at radius 2 is 2.00 bits per heavy atom. The molecule has 2 N–H and O–H groups in total.